The van der Waals surface area contributed by atoms with E-state index in [0.717, 1.165) is 12.8 Å². The number of epoxide rings is 1. The highest BCUT2D eigenvalue weighted by Gasteiger charge is 2.69. The van der Waals surface area contributed by atoms with Gasteiger partial charge in [0.05, 0.1) is 0 Å². The van der Waals surface area contributed by atoms with Gasteiger partial charge in [-0.15, -0.1) is 0 Å². The first-order valence-electron chi connectivity index (χ1n) is 7.10. The minimum Gasteiger partial charge on any atom is -0.352 e. The highest BCUT2D eigenvalue weighted by Crippen LogP contribution is 2.63. The molecular formula is C18H20O. The van der Waals surface area contributed by atoms with Gasteiger partial charge in [0.2, 0.25) is 0 Å². The third-order valence-corrected chi connectivity index (χ3v) is 4.45. The SMILES string of the molecule is CCC1(CC)OC1(c1ccccc1)c1ccccc1. The Morgan fingerprint density at radius 1 is 0.737 bits per heavy atom. The van der Waals surface area contributed by atoms with Gasteiger partial charge in [0.25, 0.3) is 0 Å². The van der Waals surface area contributed by atoms with Crippen molar-refractivity contribution in [3.8, 4) is 0 Å². The Labute approximate surface area is 115 Å². The van der Waals surface area contributed by atoms with Crippen LogP contribution in [0.2, 0.25) is 0 Å². The van der Waals surface area contributed by atoms with E-state index < -0.39 is 0 Å². The van der Waals surface area contributed by atoms with Crippen molar-refractivity contribution in [1.82, 2.24) is 0 Å². The monoisotopic (exact) mass is 252 g/mol. The van der Waals surface area contributed by atoms with Crippen LogP contribution in [0.15, 0.2) is 60.7 Å². The first-order valence-corrected chi connectivity index (χ1v) is 7.10. The van der Waals surface area contributed by atoms with Gasteiger partial charge >= 0.3 is 0 Å². The average molecular weight is 252 g/mol. The van der Waals surface area contributed by atoms with Gasteiger partial charge in [0.15, 0.2) is 0 Å². The Morgan fingerprint density at radius 3 is 1.47 bits per heavy atom. The van der Waals surface area contributed by atoms with Crippen LogP contribution in [0.1, 0.15) is 37.8 Å². The molecule has 0 amide bonds. The zero-order valence-electron chi connectivity index (χ0n) is 11.6. The van der Waals surface area contributed by atoms with E-state index in [2.05, 4.69) is 74.5 Å². The largest absolute Gasteiger partial charge is 0.352 e. The fourth-order valence-electron chi connectivity index (χ4n) is 3.32. The maximum Gasteiger partial charge on any atom is 0.148 e. The lowest BCUT2D eigenvalue weighted by Crippen LogP contribution is -2.24. The maximum atomic E-state index is 6.36. The quantitative estimate of drug-likeness (QED) is 0.729. The van der Waals surface area contributed by atoms with Crippen LogP contribution in [0.3, 0.4) is 0 Å². The summed E-state index contributed by atoms with van der Waals surface area (Å²) in [6.07, 6.45) is 2.07. The van der Waals surface area contributed by atoms with E-state index in [0.29, 0.717) is 0 Å². The second-order valence-corrected chi connectivity index (χ2v) is 5.22. The molecule has 0 N–H and O–H groups in total. The Morgan fingerprint density at radius 2 is 1.16 bits per heavy atom. The van der Waals surface area contributed by atoms with Gasteiger partial charge in [-0.25, -0.2) is 0 Å². The summed E-state index contributed by atoms with van der Waals surface area (Å²) in [4.78, 5) is 0. The van der Waals surface area contributed by atoms with Gasteiger partial charge in [-0.05, 0) is 24.0 Å². The molecule has 1 heterocycles. The molecule has 0 aliphatic carbocycles. The van der Waals surface area contributed by atoms with E-state index in [1.54, 1.807) is 0 Å². The van der Waals surface area contributed by atoms with Crippen molar-refractivity contribution in [3.63, 3.8) is 0 Å². The van der Waals surface area contributed by atoms with Gasteiger partial charge < -0.3 is 4.74 Å². The standard InChI is InChI=1S/C18H20O/c1-3-17(4-2)18(19-17,15-11-7-5-8-12-15)16-13-9-6-10-14-16/h5-14H,3-4H2,1-2H3. The van der Waals surface area contributed by atoms with Crippen LogP contribution in [0.5, 0.6) is 0 Å². The maximum absolute atomic E-state index is 6.36. The molecule has 0 atom stereocenters. The number of benzene rings is 2. The van der Waals surface area contributed by atoms with Crippen LogP contribution in [-0.2, 0) is 10.3 Å². The highest BCUT2D eigenvalue weighted by atomic mass is 16.6. The summed E-state index contributed by atoms with van der Waals surface area (Å²) in [5.74, 6) is 0. The molecule has 1 aliphatic rings. The Kier molecular flexibility index (Phi) is 2.94. The molecule has 98 valence electrons. The molecule has 1 aliphatic heterocycles. The van der Waals surface area contributed by atoms with Crippen LogP contribution in [-0.4, -0.2) is 5.60 Å². The zero-order chi connectivity index (χ0) is 13.3. The third-order valence-electron chi connectivity index (χ3n) is 4.45. The second-order valence-electron chi connectivity index (χ2n) is 5.22. The summed E-state index contributed by atoms with van der Waals surface area (Å²) in [7, 11) is 0. The molecule has 0 radical (unpaired) electrons. The predicted molar refractivity (Wildman–Crippen MR) is 78.1 cm³/mol. The average Bonchev–Trinajstić information content (AvgIpc) is 3.20. The lowest BCUT2D eigenvalue weighted by atomic mass is 9.78. The summed E-state index contributed by atoms with van der Waals surface area (Å²) >= 11 is 0. The molecule has 2 aromatic rings. The molecule has 19 heavy (non-hydrogen) atoms. The second kappa shape index (κ2) is 4.50. The number of hydrogen-bond acceptors (Lipinski definition) is 1. The first kappa shape index (κ1) is 12.4. The predicted octanol–water partition coefficient (Wildman–Crippen LogP) is 4.52. The minimum atomic E-state index is -0.251. The third kappa shape index (κ3) is 1.65. The van der Waals surface area contributed by atoms with E-state index in [1.807, 2.05) is 0 Å². The zero-order valence-corrected chi connectivity index (χ0v) is 11.6. The van der Waals surface area contributed by atoms with Gasteiger partial charge in [-0.3, -0.25) is 0 Å². The summed E-state index contributed by atoms with van der Waals surface area (Å²) < 4.78 is 6.36. The molecule has 0 aromatic heterocycles. The lowest BCUT2D eigenvalue weighted by molar-refractivity contribution is 0.266. The molecular weight excluding hydrogens is 232 g/mol. The summed E-state index contributed by atoms with van der Waals surface area (Å²) in [5.41, 5.74) is 2.24. The fourth-order valence-corrected chi connectivity index (χ4v) is 3.32. The van der Waals surface area contributed by atoms with Crippen molar-refractivity contribution in [2.24, 2.45) is 0 Å². The van der Waals surface area contributed by atoms with E-state index in [-0.39, 0.29) is 11.2 Å². The molecule has 0 saturated carbocycles. The van der Waals surface area contributed by atoms with E-state index >= 15 is 0 Å². The molecule has 3 rings (SSSR count). The first-order chi connectivity index (χ1) is 9.29. The highest BCUT2D eigenvalue weighted by molar-refractivity contribution is 5.46. The van der Waals surface area contributed by atoms with Crippen LogP contribution in [0.25, 0.3) is 0 Å². The van der Waals surface area contributed by atoms with Gasteiger partial charge in [0.1, 0.15) is 11.2 Å². The molecule has 2 aromatic carbocycles. The minimum absolute atomic E-state index is 0.0459. The Hall–Kier alpha value is -1.60. The topological polar surface area (TPSA) is 12.5 Å². The van der Waals surface area contributed by atoms with Crippen LogP contribution >= 0.6 is 0 Å². The number of hydrogen-bond donors (Lipinski definition) is 0. The van der Waals surface area contributed by atoms with Crippen molar-refractivity contribution in [1.29, 1.82) is 0 Å². The van der Waals surface area contributed by atoms with Crippen molar-refractivity contribution in [2.45, 2.75) is 37.9 Å². The summed E-state index contributed by atoms with van der Waals surface area (Å²) in [6.45, 7) is 4.44. The summed E-state index contributed by atoms with van der Waals surface area (Å²) in [5, 5.41) is 0. The van der Waals surface area contributed by atoms with Gasteiger partial charge in [0, 0.05) is 0 Å². The van der Waals surface area contributed by atoms with E-state index in [1.165, 1.54) is 11.1 Å². The summed E-state index contributed by atoms with van der Waals surface area (Å²) in [6, 6.07) is 21.2. The van der Waals surface area contributed by atoms with Crippen LogP contribution < -0.4 is 0 Å². The molecule has 1 fully saturated rings. The molecule has 0 unspecified atom stereocenters. The van der Waals surface area contributed by atoms with Crippen LogP contribution in [0.4, 0.5) is 0 Å². The van der Waals surface area contributed by atoms with E-state index in [4.69, 9.17) is 4.74 Å². The number of ether oxygens (including phenoxy) is 1. The van der Waals surface area contributed by atoms with Crippen molar-refractivity contribution >= 4 is 0 Å². The number of rotatable bonds is 4. The van der Waals surface area contributed by atoms with Crippen molar-refractivity contribution < 1.29 is 4.74 Å². The Bertz CT molecular complexity index is 501. The molecule has 1 saturated heterocycles. The van der Waals surface area contributed by atoms with Gasteiger partial charge in [-0.1, -0.05) is 74.5 Å². The van der Waals surface area contributed by atoms with Crippen molar-refractivity contribution in [2.75, 3.05) is 0 Å². The molecule has 1 nitrogen and oxygen atoms in total. The smallest absolute Gasteiger partial charge is 0.148 e. The molecule has 0 spiro atoms. The lowest BCUT2D eigenvalue weighted by Gasteiger charge is -2.19. The van der Waals surface area contributed by atoms with Crippen molar-refractivity contribution in [3.05, 3.63) is 71.8 Å². The van der Waals surface area contributed by atoms with E-state index in [9.17, 15) is 0 Å². The Balaban J connectivity index is 2.15. The fraction of sp³-hybridized carbons (Fsp3) is 0.333. The normalized spacial score (nSPS) is 19.1. The molecule has 0 bridgehead atoms. The van der Waals surface area contributed by atoms with Gasteiger partial charge in [-0.2, -0.15) is 0 Å². The molecule has 1 heteroatoms. The van der Waals surface area contributed by atoms with Crippen LogP contribution in [0, 0.1) is 0 Å².